The number of nitrogens with two attached hydrogens (primary N) is 1. The van der Waals surface area contributed by atoms with Crippen molar-refractivity contribution < 1.29 is 0 Å². The first-order valence-corrected chi connectivity index (χ1v) is 4.36. The summed E-state index contributed by atoms with van der Waals surface area (Å²) in [6.45, 7) is 2.00. The van der Waals surface area contributed by atoms with E-state index in [0.29, 0.717) is 10.7 Å². The van der Waals surface area contributed by atoms with Crippen LogP contribution in [-0.2, 0) is 7.05 Å². The Balaban J connectivity index is 2.94. The molecule has 1 aromatic carbocycles. The number of hydrogen-bond donors (Lipinski definition) is 1. The summed E-state index contributed by atoms with van der Waals surface area (Å²) in [5.41, 5.74) is 8.11. The van der Waals surface area contributed by atoms with Gasteiger partial charge in [-0.3, -0.25) is 4.68 Å². The van der Waals surface area contributed by atoms with Gasteiger partial charge in [0.25, 0.3) is 0 Å². The van der Waals surface area contributed by atoms with Crippen molar-refractivity contribution in [3.8, 4) is 0 Å². The maximum Gasteiger partial charge on any atom is 0.113 e. The normalized spacial score (nSPS) is 11.0. The molecule has 0 spiro atoms. The van der Waals surface area contributed by atoms with Crippen LogP contribution in [0.1, 0.15) is 5.69 Å². The van der Waals surface area contributed by atoms with Crippen molar-refractivity contribution in [3.05, 3.63) is 22.8 Å². The van der Waals surface area contributed by atoms with Crippen molar-refractivity contribution in [3.63, 3.8) is 0 Å². The first kappa shape index (κ1) is 8.38. The highest BCUT2D eigenvalue weighted by Gasteiger charge is 2.09. The third-order valence-electron chi connectivity index (χ3n) is 2.27. The van der Waals surface area contributed by atoms with Gasteiger partial charge in [-0.2, -0.15) is 5.10 Å². The molecule has 0 saturated heterocycles. The second-order valence-corrected chi connectivity index (χ2v) is 3.45. The van der Waals surface area contributed by atoms with Gasteiger partial charge in [0.05, 0.1) is 10.7 Å². The van der Waals surface area contributed by atoms with Crippen LogP contribution in [-0.4, -0.2) is 9.78 Å². The molecule has 2 aromatic rings. The van der Waals surface area contributed by atoms with Crippen LogP contribution < -0.4 is 5.73 Å². The van der Waals surface area contributed by atoms with Crippen molar-refractivity contribution in [2.45, 2.75) is 6.92 Å². The average molecular weight is 196 g/mol. The van der Waals surface area contributed by atoms with E-state index in [2.05, 4.69) is 5.10 Å². The molecular formula is C9H10ClN3. The molecule has 2 N–H and O–H groups in total. The molecule has 0 saturated carbocycles. The number of nitrogens with zero attached hydrogens (tertiary/aromatic N) is 2. The Kier molecular flexibility index (Phi) is 1.70. The minimum Gasteiger partial charge on any atom is -0.397 e. The first-order valence-electron chi connectivity index (χ1n) is 3.98. The monoisotopic (exact) mass is 195 g/mol. The first-order chi connectivity index (χ1) is 6.11. The Morgan fingerprint density at radius 1 is 1.46 bits per heavy atom. The number of rotatable bonds is 0. The van der Waals surface area contributed by atoms with Crippen LogP contribution in [0, 0.1) is 6.92 Å². The summed E-state index contributed by atoms with van der Waals surface area (Å²) >= 11 is 6.01. The number of anilines is 1. The zero-order chi connectivity index (χ0) is 9.59. The molecule has 3 nitrogen and oxygen atoms in total. The minimum atomic E-state index is 0.543. The lowest BCUT2D eigenvalue weighted by molar-refractivity contribution is 0.751. The van der Waals surface area contributed by atoms with E-state index in [-0.39, 0.29) is 0 Å². The van der Waals surface area contributed by atoms with Gasteiger partial charge in [0.1, 0.15) is 5.52 Å². The SMILES string of the molecule is Cc1c2ccc(N)c(Cl)c2nn1C. The molecule has 0 fully saturated rings. The highest BCUT2D eigenvalue weighted by Crippen LogP contribution is 2.29. The lowest BCUT2D eigenvalue weighted by Gasteiger charge is -1.96. The molecular weight excluding hydrogens is 186 g/mol. The van der Waals surface area contributed by atoms with E-state index in [1.165, 1.54) is 0 Å². The van der Waals surface area contributed by atoms with Crippen molar-refractivity contribution in [2.75, 3.05) is 5.73 Å². The summed E-state index contributed by atoms with van der Waals surface area (Å²) < 4.78 is 1.80. The molecule has 0 aliphatic carbocycles. The largest absolute Gasteiger partial charge is 0.397 e. The second kappa shape index (κ2) is 2.64. The van der Waals surface area contributed by atoms with Crippen molar-refractivity contribution in [1.29, 1.82) is 0 Å². The predicted octanol–water partition coefficient (Wildman–Crippen LogP) is 2.12. The van der Waals surface area contributed by atoms with Crippen molar-refractivity contribution in [2.24, 2.45) is 7.05 Å². The Morgan fingerprint density at radius 2 is 2.15 bits per heavy atom. The van der Waals surface area contributed by atoms with Crippen molar-refractivity contribution >= 4 is 28.2 Å². The van der Waals surface area contributed by atoms with Crippen LogP contribution in [0.2, 0.25) is 5.02 Å². The molecule has 0 radical (unpaired) electrons. The number of halogens is 1. The fraction of sp³-hybridized carbons (Fsp3) is 0.222. The van der Waals surface area contributed by atoms with Crippen LogP contribution in [0.25, 0.3) is 10.9 Å². The topological polar surface area (TPSA) is 43.8 Å². The number of nitrogen functional groups attached to an aromatic ring is 1. The second-order valence-electron chi connectivity index (χ2n) is 3.07. The number of fused-ring (bicyclic) bond motifs is 1. The van der Waals surface area contributed by atoms with E-state index in [0.717, 1.165) is 16.6 Å². The molecule has 4 heteroatoms. The van der Waals surface area contributed by atoms with Gasteiger partial charge in [0.2, 0.25) is 0 Å². The quantitative estimate of drug-likeness (QED) is 0.655. The van der Waals surface area contributed by atoms with Gasteiger partial charge in [-0.05, 0) is 19.1 Å². The summed E-state index contributed by atoms with van der Waals surface area (Å²) in [4.78, 5) is 0. The number of benzene rings is 1. The van der Waals surface area contributed by atoms with Crippen LogP contribution >= 0.6 is 11.6 Å². The van der Waals surface area contributed by atoms with Crippen LogP contribution in [0.3, 0.4) is 0 Å². The van der Waals surface area contributed by atoms with Crippen LogP contribution in [0.15, 0.2) is 12.1 Å². The Bertz CT molecular complexity index is 473. The molecule has 2 rings (SSSR count). The third-order valence-corrected chi connectivity index (χ3v) is 2.67. The van der Waals surface area contributed by atoms with Gasteiger partial charge < -0.3 is 5.73 Å². The fourth-order valence-corrected chi connectivity index (χ4v) is 1.57. The highest BCUT2D eigenvalue weighted by molar-refractivity contribution is 6.37. The van der Waals surface area contributed by atoms with Gasteiger partial charge in [-0.15, -0.1) is 0 Å². The van der Waals surface area contributed by atoms with Gasteiger partial charge in [-0.25, -0.2) is 0 Å². The highest BCUT2D eigenvalue weighted by atomic mass is 35.5. The molecule has 0 amide bonds. The third kappa shape index (κ3) is 1.08. The van der Waals surface area contributed by atoms with E-state index in [9.17, 15) is 0 Å². The molecule has 1 heterocycles. The van der Waals surface area contributed by atoms with Gasteiger partial charge in [-0.1, -0.05) is 11.6 Å². The zero-order valence-electron chi connectivity index (χ0n) is 7.50. The van der Waals surface area contributed by atoms with E-state index in [1.54, 1.807) is 10.7 Å². The molecule has 0 unspecified atom stereocenters. The van der Waals surface area contributed by atoms with Gasteiger partial charge in [0, 0.05) is 18.1 Å². The fourth-order valence-electron chi connectivity index (χ4n) is 1.37. The molecule has 13 heavy (non-hydrogen) atoms. The Hall–Kier alpha value is -1.22. The Morgan fingerprint density at radius 3 is 2.85 bits per heavy atom. The van der Waals surface area contributed by atoms with Gasteiger partial charge in [0.15, 0.2) is 0 Å². The molecule has 1 aromatic heterocycles. The molecule has 0 atom stereocenters. The predicted molar refractivity (Wildman–Crippen MR) is 54.9 cm³/mol. The smallest absolute Gasteiger partial charge is 0.113 e. The van der Waals surface area contributed by atoms with E-state index in [1.807, 2.05) is 20.0 Å². The summed E-state index contributed by atoms with van der Waals surface area (Å²) in [5.74, 6) is 0. The summed E-state index contributed by atoms with van der Waals surface area (Å²) in [5, 5.41) is 5.88. The lowest BCUT2D eigenvalue weighted by Crippen LogP contribution is -1.91. The van der Waals surface area contributed by atoms with Gasteiger partial charge >= 0.3 is 0 Å². The number of hydrogen-bond acceptors (Lipinski definition) is 2. The van der Waals surface area contributed by atoms with E-state index >= 15 is 0 Å². The molecule has 68 valence electrons. The van der Waals surface area contributed by atoms with Crippen molar-refractivity contribution in [1.82, 2.24) is 9.78 Å². The number of aromatic nitrogens is 2. The minimum absolute atomic E-state index is 0.543. The average Bonchev–Trinajstić information content (AvgIpc) is 2.38. The maximum atomic E-state index is 6.01. The molecule has 0 bridgehead atoms. The van der Waals surface area contributed by atoms with E-state index < -0.39 is 0 Å². The summed E-state index contributed by atoms with van der Waals surface area (Å²) in [6, 6.07) is 3.75. The Labute approximate surface area is 81.1 Å². The maximum absolute atomic E-state index is 6.01. The van der Waals surface area contributed by atoms with Crippen LogP contribution in [0.4, 0.5) is 5.69 Å². The standard InChI is InChI=1S/C9H10ClN3/c1-5-6-3-4-7(11)8(10)9(6)12-13(5)2/h3-4H,11H2,1-2H3. The molecule has 0 aliphatic rings. The summed E-state index contributed by atoms with van der Waals surface area (Å²) in [7, 11) is 1.89. The number of aryl methyl sites for hydroxylation is 2. The van der Waals surface area contributed by atoms with E-state index in [4.69, 9.17) is 17.3 Å². The molecule has 0 aliphatic heterocycles. The lowest BCUT2D eigenvalue weighted by atomic mass is 10.2. The summed E-state index contributed by atoms with van der Waals surface area (Å²) in [6.07, 6.45) is 0. The zero-order valence-corrected chi connectivity index (χ0v) is 8.26. The van der Waals surface area contributed by atoms with Crippen LogP contribution in [0.5, 0.6) is 0 Å².